The van der Waals surface area contributed by atoms with E-state index in [2.05, 4.69) is 28.2 Å². The van der Waals surface area contributed by atoms with Crippen molar-refractivity contribution in [3.8, 4) is 11.5 Å². The summed E-state index contributed by atoms with van der Waals surface area (Å²) in [6, 6.07) is 4.32. The van der Waals surface area contributed by atoms with Crippen LogP contribution in [0.15, 0.2) is 16.6 Å². The van der Waals surface area contributed by atoms with Gasteiger partial charge >= 0.3 is 0 Å². The average Bonchev–Trinajstić information content (AvgIpc) is 2.53. The van der Waals surface area contributed by atoms with Gasteiger partial charge in [0.2, 0.25) is 0 Å². The van der Waals surface area contributed by atoms with E-state index in [0.717, 1.165) is 16.6 Å². The Morgan fingerprint density at radius 1 is 1.35 bits per heavy atom. The summed E-state index contributed by atoms with van der Waals surface area (Å²) in [6.45, 7) is 2.91. The highest BCUT2D eigenvalue weighted by atomic mass is 79.9. The lowest BCUT2D eigenvalue weighted by atomic mass is 9.86. The molecule has 1 aliphatic carbocycles. The van der Waals surface area contributed by atoms with Gasteiger partial charge in [-0.2, -0.15) is 0 Å². The van der Waals surface area contributed by atoms with Crippen LogP contribution in [-0.4, -0.2) is 25.7 Å². The van der Waals surface area contributed by atoms with Crippen LogP contribution in [0.25, 0.3) is 0 Å². The molecule has 1 amide bonds. The minimum absolute atomic E-state index is 0.167. The molecule has 0 spiro atoms. The second-order valence-electron chi connectivity index (χ2n) is 6.10. The number of hydrogen-bond donors (Lipinski definition) is 2. The second kappa shape index (κ2) is 8.55. The van der Waals surface area contributed by atoms with Crippen LogP contribution >= 0.6 is 15.9 Å². The van der Waals surface area contributed by atoms with E-state index in [1.54, 1.807) is 7.11 Å². The Hall–Kier alpha value is -1.27. The third-order valence-corrected chi connectivity index (χ3v) is 5.11. The lowest BCUT2D eigenvalue weighted by Gasteiger charge is -2.30. The summed E-state index contributed by atoms with van der Waals surface area (Å²) in [5, 5.41) is 3.65. The summed E-state index contributed by atoms with van der Waals surface area (Å²) < 4.78 is 11.7. The molecule has 5 nitrogen and oxygen atoms in total. The number of carbonyl (C=O) groups is 1. The van der Waals surface area contributed by atoms with Crippen LogP contribution in [0.3, 0.4) is 0 Å². The summed E-state index contributed by atoms with van der Waals surface area (Å²) in [5.41, 5.74) is 6.22. The van der Waals surface area contributed by atoms with Crippen LogP contribution in [0.5, 0.6) is 11.5 Å². The van der Waals surface area contributed by atoms with E-state index in [1.807, 2.05) is 12.1 Å². The van der Waals surface area contributed by atoms with E-state index in [1.165, 1.54) is 25.7 Å². The Morgan fingerprint density at radius 2 is 2.09 bits per heavy atom. The first-order valence-corrected chi connectivity index (χ1v) is 8.81. The van der Waals surface area contributed by atoms with Crippen molar-refractivity contribution in [3.05, 3.63) is 22.2 Å². The minimum atomic E-state index is -0.514. The normalized spacial score (nSPS) is 21.0. The highest BCUT2D eigenvalue weighted by Crippen LogP contribution is 2.34. The number of rotatable bonds is 7. The van der Waals surface area contributed by atoms with Crippen LogP contribution in [0.4, 0.5) is 0 Å². The van der Waals surface area contributed by atoms with Gasteiger partial charge in [-0.05, 0) is 36.5 Å². The monoisotopic (exact) mass is 384 g/mol. The van der Waals surface area contributed by atoms with Crippen molar-refractivity contribution in [1.82, 2.24) is 5.32 Å². The number of nitrogens with one attached hydrogen (secondary N) is 1. The number of methoxy groups -OCH3 is 1. The Morgan fingerprint density at radius 3 is 2.74 bits per heavy atom. The maximum atomic E-state index is 10.9. The Bertz CT molecular complexity index is 551. The highest BCUT2D eigenvalue weighted by Gasteiger charge is 2.21. The van der Waals surface area contributed by atoms with E-state index < -0.39 is 5.91 Å². The Kier molecular flexibility index (Phi) is 6.72. The standard InChI is InChI=1S/C17H25BrN2O3/c1-11-5-3-4-6-14(11)20-9-12-7-15(22-2)16(8-13(12)18)23-10-17(19)21/h7-8,11,14,20H,3-6,9-10H2,1-2H3,(H2,19,21)/t11-,14-/m1/s1. The van der Waals surface area contributed by atoms with Crippen LogP contribution < -0.4 is 20.5 Å². The van der Waals surface area contributed by atoms with Gasteiger partial charge in [-0.15, -0.1) is 0 Å². The summed E-state index contributed by atoms with van der Waals surface area (Å²) in [5.74, 6) is 1.30. The molecule has 2 rings (SSSR count). The second-order valence-corrected chi connectivity index (χ2v) is 6.95. The van der Waals surface area contributed by atoms with Crippen LogP contribution in [0.2, 0.25) is 0 Å². The average molecular weight is 385 g/mol. The number of benzene rings is 1. The molecule has 0 radical (unpaired) electrons. The topological polar surface area (TPSA) is 73.6 Å². The lowest BCUT2D eigenvalue weighted by molar-refractivity contribution is -0.119. The van der Waals surface area contributed by atoms with E-state index in [4.69, 9.17) is 15.2 Å². The van der Waals surface area contributed by atoms with Crippen molar-refractivity contribution in [2.24, 2.45) is 11.7 Å². The smallest absolute Gasteiger partial charge is 0.255 e. The SMILES string of the molecule is COc1cc(CN[C@@H]2CCCC[C@H]2C)c(Br)cc1OCC(N)=O. The van der Waals surface area contributed by atoms with E-state index in [-0.39, 0.29) is 6.61 Å². The van der Waals surface area contributed by atoms with Crippen LogP contribution in [0.1, 0.15) is 38.2 Å². The van der Waals surface area contributed by atoms with Gasteiger partial charge in [-0.25, -0.2) is 0 Å². The first kappa shape index (κ1) is 18.1. The number of carbonyl (C=O) groups excluding carboxylic acids is 1. The quantitative estimate of drug-likeness (QED) is 0.757. The maximum Gasteiger partial charge on any atom is 0.255 e. The first-order chi connectivity index (χ1) is 11.0. The van der Waals surface area contributed by atoms with Crippen molar-refractivity contribution in [2.45, 2.75) is 45.2 Å². The zero-order valence-corrected chi connectivity index (χ0v) is 15.3. The molecule has 1 aromatic carbocycles. The molecule has 0 bridgehead atoms. The number of halogens is 1. The van der Waals surface area contributed by atoms with Crippen LogP contribution in [-0.2, 0) is 11.3 Å². The van der Waals surface area contributed by atoms with E-state index in [0.29, 0.717) is 23.5 Å². The van der Waals surface area contributed by atoms with Gasteiger partial charge in [0.25, 0.3) is 5.91 Å². The van der Waals surface area contributed by atoms with Gasteiger partial charge in [0.15, 0.2) is 18.1 Å². The maximum absolute atomic E-state index is 10.9. The van der Waals surface area contributed by atoms with Crippen LogP contribution in [0, 0.1) is 5.92 Å². The van der Waals surface area contributed by atoms with Gasteiger partial charge < -0.3 is 20.5 Å². The fourth-order valence-electron chi connectivity index (χ4n) is 2.99. The summed E-state index contributed by atoms with van der Waals surface area (Å²) >= 11 is 3.57. The van der Waals surface area contributed by atoms with Crippen molar-refractivity contribution in [2.75, 3.05) is 13.7 Å². The van der Waals surface area contributed by atoms with Gasteiger partial charge in [0.05, 0.1) is 7.11 Å². The molecule has 2 atom stereocenters. The molecule has 0 heterocycles. The molecule has 128 valence electrons. The predicted octanol–water partition coefficient (Wildman–Crippen LogP) is 2.99. The molecule has 6 heteroatoms. The number of nitrogens with two attached hydrogens (primary N) is 1. The first-order valence-electron chi connectivity index (χ1n) is 8.02. The zero-order valence-electron chi connectivity index (χ0n) is 13.7. The number of ether oxygens (including phenoxy) is 2. The molecule has 23 heavy (non-hydrogen) atoms. The number of amides is 1. The summed E-state index contributed by atoms with van der Waals surface area (Å²) in [4.78, 5) is 10.9. The fourth-order valence-corrected chi connectivity index (χ4v) is 3.46. The highest BCUT2D eigenvalue weighted by molar-refractivity contribution is 9.10. The molecule has 0 aromatic heterocycles. The molecule has 1 aromatic rings. The minimum Gasteiger partial charge on any atom is -0.493 e. The molecule has 1 fully saturated rings. The summed E-state index contributed by atoms with van der Waals surface area (Å²) in [7, 11) is 1.58. The van der Waals surface area contributed by atoms with Crippen molar-refractivity contribution >= 4 is 21.8 Å². The molecule has 1 saturated carbocycles. The predicted molar refractivity (Wildman–Crippen MR) is 93.6 cm³/mol. The largest absolute Gasteiger partial charge is 0.493 e. The molecular formula is C17H25BrN2O3. The van der Waals surface area contributed by atoms with Gasteiger partial charge in [0, 0.05) is 17.1 Å². The van der Waals surface area contributed by atoms with Crippen molar-refractivity contribution in [1.29, 1.82) is 0 Å². The molecule has 0 aliphatic heterocycles. The number of primary amides is 1. The van der Waals surface area contributed by atoms with Crippen molar-refractivity contribution in [3.63, 3.8) is 0 Å². The number of hydrogen-bond acceptors (Lipinski definition) is 4. The molecule has 0 unspecified atom stereocenters. The Balaban J connectivity index is 2.05. The van der Waals surface area contributed by atoms with Gasteiger partial charge in [-0.3, -0.25) is 4.79 Å². The zero-order chi connectivity index (χ0) is 16.8. The molecule has 0 saturated heterocycles. The lowest BCUT2D eigenvalue weighted by Crippen LogP contribution is -2.36. The summed E-state index contributed by atoms with van der Waals surface area (Å²) in [6.07, 6.45) is 5.16. The molecule has 3 N–H and O–H groups in total. The molecule has 1 aliphatic rings. The van der Waals surface area contributed by atoms with Crippen molar-refractivity contribution < 1.29 is 14.3 Å². The third-order valence-electron chi connectivity index (χ3n) is 4.37. The van der Waals surface area contributed by atoms with E-state index >= 15 is 0 Å². The van der Waals surface area contributed by atoms with Gasteiger partial charge in [0.1, 0.15) is 0 Å². The fraction of sp³-hybridized carbons (Fsp3) is 0.588. The third kappa shape index (κ3) is 5.11. The van der Waals surface area contributed by atoms with E-state index in [9.17, 15) is 4.79 Å². The van der Waals surface area contributed by atoms with Gasteiger partial charge in [-0.1, -0.05) is 35.7 Å². The molecular weight excluding hydrogens is 360 g/mol. The Labute approximate surface area is 146 Å².